The predicted octanol–water partition coefficient (Wildman–Crippen LogP) is 5.69. The molecule has 0 bridgehead atoms. The van der Waals surface area contributed by atoms with Crippen LogP contribution in [-0.4, -0.2) is 29.5 Å². The largest absolute Gasteiger partial charge is 0.496 e. The highest BCUT2D eigenvalue weighted by molar-refractivity contribution is 6.08. The van der Waals surface area contributed by atoms with Gasteiger partial charge in [-0.2, -0.15) is 0 Å². The Labute approximate surface area is 193 Å². The quantitative estimate of drug-likeness (QED) is 0.441. The van der Waals surface area contributed by atoms with E-state index in [1.54, 1.807) is 7.11 Å². The predicted molar refractivity (Wildman–Crippen MR) is 130 cm³/mol. The van der Waals surface area contributed by atoms with Crippen molar-refractivity contribution in [1.82, 2.24) is 9.97 Å². The van der Waals surface area contributed by atoms with Crippen LogP contribution in [0.3, 0.4) is 0 Å². The van der Waals surface area contributed by atoms with Gasteiger partial charge in [0.15, 0.2) is 0 Å². The molecule has 0 aliphatic carbocycles. The van der Waals surface area contributed by atoms with Crippen LogP contribution in [0.5, 0.6) is 5.75 Å². The molecule has 0 unspecified atom stereocenters. The van der Waals surface area contributed by atoms with Gasteiger partial charge in [0.1, 0.15) is 11.6 Å². The number of nitrogens with one attached hydrogen (secondary N) is 1. The summed E-state index contributed by atoms with van der Waals surface area (Å²) in [4.78, 5) is 23.4. The summed E-state index contributed by atoms with van der Waals surface area (Å²) < 4.78 is 5.47. The number of H-pyrrole nitrogens is 1. The number of fused-ring (bicyclic) bond motifs is 3. The highest BCUT2D eigenvalue weighted by atomic mass is 35.5. The number of ether oxygens (including phenoxy) is 1. The second-order valence-electron chi connectivity index (χ2n) is 7.65. The first kappa shape index (κ1) is 21.7. The second kappa shape index (κ2) is 8.89. The van der Waals surface area contributed by atoms with E-state index in [0.717, 1.165) is 51.8 Å². The number of carbonyl (C=O) groups is 1. The van der Waals surface area contributed by atoms with Gasteiger partial charge in [-0.05, 0) is 36.8 Å². The normalized spacial score (nSPS) is 12.2. The highest BCUT2D eigenvalue weighted by Gasteiger charge is 2.26. The Hall–Kier alpha value is -3.57. The van der Waals surface area contributed by atoms with Crippen molar-refractivity contribution >= 4 is 24.0 Å². The summed E-state index contributed by atoms with van der Waals surface area (Å²) in [6.07, 6.45) is 0.732. The number of halogens is 1. The summed E-state index contributed by atoms with van der Waals surface area (Å²) in [6, 6.07) is 23.6. The van der Waals surface area contributed by atoms with E-state index in [9.17, 15) is 4.79 Å². The van der Waals surface area contributed by atoms with E-state index in [1.807, 2.05) is 84.6 Å². The van der Waals surface area contributed by atoms with Crippen LogP contribution < -0.4 is 9.64 Å². The third-order valence-electron chi connectivity index (χ3n) is 5.73. The summed E-state index contributed by atoms with van der Waals surface area (Å²) in [6.45, 7) is 2.56. The number of aromatic nitrogens is 2. The Balaban J connectivity index is 0.00000245. The van der Waals surface area contributed by atoms with Gasteiger partial charge < -0.3 is 14.6 Å². The van der Waals surface area contributed by atoms with Crippen LogP contribution >= 0.6 is 12.4 Å². The van der Waals surface area contributed by atoms with E-state index in [4.69, 9.17) is 4.74 Å². The minimum Gasteiger partial charge on any atom is -0.496 e. The van der Waals surface area contributed by atoms with Crippen LogP contribution in [0.25, 0.3) is 22.4 Å². The highest BCUT2D eigenvalue weighted by Crippen LogP contribution is 2.36. The first-order valence-electron chi connectivity index (χ1n) is 10.4. The number of aromatic amines is 1. The number of hydrogen-bond acceptors (Lipinski definition) is 3. The molecule has 0 saturated heterocycles. The second-order valence-corrected chi connectivity index (χ2v) is 7.65. The SMILES string of the molecule is COc1ccccc1-c1ccc(C(=O)N2CCc3[nH]c(C)nc3-c3ccccc32)cc1.Cl. The standard InChI is InChI=1S/C26H23N3O2.ClH/c1-17-27-22-15-16-29(23-9-5-3-8-21(23)25(22)28-17)26(30)19-13-11-18(12-14-19)20-7-4-6-10-24(20)31-2;/h3-14H,15-16H2,1-2H3,(H,27,28);1H. The number of anilines is 1. The number of aryl methyl sites for hydroxylation is 1. The zero-order chi connectivity index (χ0) is 21.4. The van der Waals surface area contributed by atoms with E-state index in [1.165, 1.54) is 0 Å². The lowest BCUT2D eigenvalue weighted by atomic mass is 10.0. The van der Waals surface area contributed by atoms with E-state index in [0.29, 0.717) is 12.1 Å². The first-order chi connectivity index (χ1) is 15.2. The molecular formula is C26H24ClN3O2. The van der Waals surface area contributed by atoms with E-state index >= 15 is 0 Å². The summed E-state index contributed by atoms with van der Waals surface area (Å²) in [5, 5.41) is 0. The third kappa shape index (κ3) is 3.76. The number of methoxy groups -OCH3 is 1. The maximum absolute atomic E-state index is 13.5. The molecule has 0 spiro atoms. The zero-order valence-corrected chi connectivity index (χ0v) is 18.8. The first-order valence-corrected chi connectivity index (χ1v) is 10.4. The molecule has 1 aromatic heterocycles. The molecule has 1 aliphatic heterocycles. The average molecular weight is 446 g/mol. The smallest absolute Gasteiger partial charge is 0.258 e. The van der Waals surface area contributed by atoms with Crippen molar-refractivity contribution in [3.63, 3.8) is 0 Å². The average Bonchev–Trinajstić information content (AvgIpc) is 3.12. The lowest BCUT2D eigenvalue weighted by Gasteiger charge is -2.23. The molecule has 4 aromatic rings. The molecule has 1 N–H and O–H groups in total. The maximum Gasteiger partial charge on any atom is 0.258 e. The van der Waals surface area contributed by atoms with Crippen molar-refractivity contribution < 1.29 is 9.53 Å². The molecule has 0 atom stereocenters. The number of amides is 1. The summed E-state index contributed by atoms with van der Waals surface area (Å²) in [5.74, 6) is 1.69. The number of carbonyl (C=O) groups excluding carboxylic acids is 1. The van der Waals surface area contributed by atoms with Crippen LogP contribution in [0.4, 0.5) is 5.69 Å². The van der Waals surface area contributed by atoms with Gasteiger partial charge in [-0.15, -0.1) is 12.4 Å². The van der Waals surface area contributed by atoms with E-state index in [2.05, 4.69) is 9.97 Å². The molecule has 5 rings (SSSR count). The molecule has 5 nitrogen and oxygen atoms in total. The van der Waals surface area contributed by atoms with Crippen molar-refractivity contribution in [3.8, 4) is 28.1 Å². The third-order valence-corrected chi connectivity index (χ3v) is 5.73. The minimum atomic E-state index is -0.0131. The molecule has 0 radical (unpaired) electrons. The number of imidazole rings is 1. The fourth-order valence-electron chi connectivity index (χ4n) is 4.24. The van der Waals surface area contributed by atoms with Gasteiger partial charge >= 0.3 is 0 Å². The van der Waals surface area contributed by atoms with Crippen LogP contribution in [0.1, 0.15) is 21.9 Å². The van der Waals surface area contributed by atoms with Gasteiger partial charge in [0.05, 0.1) is 18.5 Å². The Bertz CT molecular complexity index is 1260. The Morgan fingerprint density at radius 1 is 0.969 bits per heavy atom. The monoisotopic (exact) mass is 445 g/mol. The molecule has 6 heteroatoms. The van der Waals surface area contributed by atoms with E-state index in [-0.39, 0.29) is 18.3 Å². The summed E-state index contributed by atoms with van der Waals surface area (Å²) in [5.41, 5.74) is 6.57. The lowest BCUT2D eigenvalue weighted by molar-refractivity contribution is 0.0987. The van der Waals surface area contributed by atoms with Crippen LogP contribution in [-0.2, 0) is 6.42 Å². The fraction of sp³-hybridized carbons (Fsp3) is 0.154. The minimum absolute atomic E-state index is 0. The van der Waals surface area contributed by atoms with Crippen molar-refractivity contribution in [2.24, 2.45) is 0 Å². The van der Waals surface area contributed by atoms with Gasteiger partial charge in [-0.25, -0.2) is 4.98 Å². The Morgan fingerprint density at radius 3 is 2.41 bits per heavy atom. The van der Waals surface area contributed by atoms with Crippen molar-refractivity contribution in [2.75, 3.05) is 18.6 Å². The molecule has 0 saturated carbocycles. The van der Waals surface area contributed by atoms with Gasteiger partial charge in [-0.1, -0.05) is 48.5 Å². The van der Waals surface area contributed by atoms with Gasteiger partial charge in [-0.3, -0.25) is 4.79 Å². The molecule has 1 amide bonds. The number of rotatable bonds is 3. The number of benzene rings is 3. The van der Waals surface area contributed by atoms with Crippen molar-refractivity contribution in [3.05, 3.63) is 89.9 Å². The molecule has 2 heterocycles. The maximum atomic E-state index is 13.5. The topological polar surface area (TPSA) is 58.2 Å². The van der Waals surface area contributed by atoms with Crippen LogP contribution in [0, 0.1) is 6.92 Å². The molecule has 1 aliphatic rings. The lowest BCUT2D eigenvalue weighted by Crippen LogP contribution is -2.32. The number of hydrogen-bond donors (Lipinski definition) is 1. The van der Waals surface area contributed by atoms with Crippen molar-refractivity contribution in [1.29, 1.82) is 0 Å². The summed E-state index contributed by atoms with van der Waals surface area (Å²) >= 11 is 0. The van der Waals surface area contributed by atoms with Gasteiger partial charge in [0, 0.05) is 35.3 Å². The Morgan fingerprint density at radius 2 is 1.66 bits per heavy atom. The molecular weight excluding hydrogens is 422 g/mol. The molecule has 0 fully saturated rings. The van der Waals surface area contributed by atoms with Crippen molar-refractivity contribution in [2.45, 2.75) is 13.3 Å². The number of para-hydroxylation sites is 2. The molecule has 3 aromatic carbocycles. The van der Waals surface area contributed by atoms with Gasteiger partial charge in [0.25, 0.3) is 5.91 Å². The molecule has 32 heavy (non-hydrogen) atoms. The van der Waals surface area contributed by atoms with Gasteiger partial charge in [0.2, 0.25) is 0 Å². The van der Waals surface area contributed by atoms with Crippen LogP contribution in [0.15, 0.2) is 72.8 Å². The Kier molecular flexibility index (Phi) is 6.01. The van der Waals surface area contributed by atoms with E-state index < -0.39 is 0 Å². The van der Waals surface area contributed by atoms with Crippen LogP contribution in [0.2, 0.25) is 0 Å². The fourth-order valence-corrected chi connectivity index (χ4v) is 4.24. The molecule has 162 valence electrons. The zero-order valence-electron chi connectivity index (χ0n) is 18.0. The summed E-state index contributed by atoms with van der Waals surface area (Å²) in [7, 11) is 1.67. The number of nitrogens with zero attached hydrogens (tertiary/aromatic N) is 2.